The van der Waals surface area contributed by atoms with Gasteiger partial charge in [-0.1, -0.05) is 0 Å². The topological polar surface area (TPSA) is 34.1 Å². The summed E-state index contributed by atoms with van der Waals surface area (Å²) in [5.41, 5.74) is 6.31. The highest BCUT2D eigenvalue weighted by Crippen LogP contribution is 2.19. The van der Waals surface area contributed by atoms with Gasteiger partial charge < -0.3 is 15.5 Å². The molecule has 15 heavy (non-hydrogen) atoms. The van der Waals surface area contributed by atoms with Crippen molar-refractivity contribution in [1.29, 1.82) is 0 Å². The first-order valence-corrected chi connectivity index (χ1v) is 5.54. The van der Waals surface area contributed by atoms with Crippen LogP contribution in [0.4, 0.5) is 11.4 Å². The zero-order chi connectivity index (χ0) is 10.8. The summed E-state index contributed by atoms with van der Waals surface area (Å²) in [7, 11) is 2.20. The van der Waals surface area contributed by atoms with Gasteiger partial charge in [-0.2, -0.15) is 0 Å². The number of likely N-dealkylation sites (N-methyl/N-ethyl adjacent to an activating group) is 1. The summed E-state index contributed by atoms with van der Waals surface area (Å²) >= 11 is 0. The van der Waals surface area contributed by atoms with Crippen molar-refractivity contribution in [2.45, 2.75) is 13.0 Å². The van der Waals surface area contributed by atoms with E-state index in [9.17, 15) is 0 Å². The molecule has 3 N–H and O–H groups in total. The minimum atomic E-state index is 0.637. The lowest BCUT2D eigenvalue weighted by molar-refractivity contribution is -0.254. The third-order valence-corrected chi connectivity index (χ3v) is 3.26. The maximum absolute atomic E-state index is 3.91. The van der Waals surface area contributed by atoms with Gasteiger partial charge in [-0.05, 0) is 26.1 Å². The standard InChI is InChI=1S/C12H19N3/c1-10-9-15(8-7-14(10)2)12-5-3-11(13)4-6-12/h3-6,10H,7-9,13H2,1-2H3/p+1. The molecule has 1 aliphatic heterocycles. The quantitative estimate of drug-likeness (QED) is 0.734. The van der Waals surface area contributed by atoms with E-state index in [4.69, 9.17) is 0 Å². The molecule has 1 saturated heterocycles. The fourth-order valence-corrected chi connectivity index (χ4v) is 1.99. The van der Waals surface area contributed by atoms with E-state index in [0.29, 0.717) is 6.04 Å². The molecule has 1 fully saturated rings. The van der Waals surface area contributed by atoms with Gasteiger partial charge in [0.25, 0.3) is 0 Å². The van der Waals surface area contributed by atoms with Crippen LogP contribution in [-0.2, 0) is 0 Å². The summed E-state index contributed by atoms with van der Waals surface area (Å²) in [6.07, 6.45) is 0. The van der Waals surface area contributed by atoms with Gasteiger partial charge in [0, 0.05) is 43.5 Å². The summed E-state index contributed by atoms with van der Waals surface area (Å²) in [4.78, 5) is 4.86. The average Bonchev–Trinajstić information content (AvgIpc) is 2.23. The Morgan fingerprint density at radius 3 is 2.47 bits per heavy atom. The molecule has 0 aromatic heterocycles. The fraction of sp³-hybridized carbons (Fsp3) is 0.500. The Morgan fingerprint density at radius 1 is 1.20 bits per heavy atom. The highest BCUT2D eigenvalue weighted by molar-refractivity contribution is 5.50. The third-order valence-electron chi connectivity index (χ3n) is 3.26. The van der Waals surface area contributed by atoms with Gasteiger partial charge in [-0.25, -0.2) is 0 Å². The van der Waals surface area contributed by atoms with E-state index in [-0.39, 0.29) is 0 Å². The van der Waals surface area contributed by atoms with Crippen LogP contribution in [0.5, 0.6) is 0 Å². The number of rotatable bonds is 1. The fourth-order valence-electron chi connectivity index (χ4n) is 1.99. The molecule has 2 rings (SSSR count). The highest BCUT2D eigenvalue weighted by Gasteiger charge is 2.20. The Labute approximate surface area is 91.5 Å². The number of hydrogen-bond acceptors (Lipinski definition) is 2. The molecule has 82 valence electrons. The first kappa shape index (κ1) is 10.5. The van der Waals surface area contributed by atoms with E-state index in [1.54, 1.807) is 0 Å². The Hall–Kier alpha value is -1.06. The summed E-state index contributed by atoms with van der Waals surface area (Å²) < 4.78 is 0. The smallest absolute Gasteiger partial charge is 0.128 e. The van der Waals surface area contributed by atoms with Crippen molar-refractivity contribution in [2.75, 3.05) is 31.6 Å². The molecule has 1 aromatic carbocycles. The lowest BCUT2D eigenvalue weighted by atomic mass is 10.1. The van der Waals surface area contributed by atoms with Crippen LogP contribution in [0.15, 0.2) is 24.3 Å². The molecule has 1 heterocycles. The maximum atomic E-state index is 3.91. The number of nitrogens with zero attached hydrogens (tertiary/aromatic N) is 2. The van der Waals surface area contributed by atoms with E-state index in [1.165, 1.54) is 5.69 Å². The molecule has 3 nitrogen and oxygen atoms in total. The molecule has 0 amide bonds. The van der Waals surface area contributed by atoms with Gasteiger partial charge in [0.1, 0.15) is 5.69 Å². The Bertz CT molecular complexity index is 320. The molecule has 0 aliphatic carbocycles. The van der Waals surface area contributed by atoms with Gasteiger partial charge in [0.15, 0.2) is 0 Å². The Kier molecular flexibility index (Phi) is 2.93. The second-order valence-corrected chi connectivity index (χ2v) is 4.44. The third kappa shape index (κ3) is 2.30. The summed E-state index contributed by atoms with van der Waals surface area (Å²) in [5.74, 6) is 0. The Morgan fingerprint density at radius 2 is 1.87 bits per heavy atom. The SMILES string of the molecule is CC1CN(c2ccc([NH3+])cc2)CCN1C. The van der Waals surface area contributed by atoms with Gasteiger partial charge in [-0.3, -0.25) is 0 Å². The van der Waals surface area contributed by atoms with Gasteiger partial charge in [-0.15, -0.1) is 0 Å². The lowest BCUT2D eigenvalue weighted by Crippen LogP contribution is -2.50. The van der Waals surface area contributed by atoms with E-state index >= 15 is 0 Å². The van der Waals surface area contributed by atoms with Crippen molar-refractivity contribution < 1.29 is 5.73 Å². The monoisotopic (exact) mass is 206 g/mol. The van der Waals surface area contributed by atoms with Gasteiger partial charge in [0.2, 0.25) is 0 Å². The van der Waals surface area contributed by atoms with Gasteiger partial charge in [0.05, 0.1) is 0 Å². The zero-order valence-electron chi connectivity index (χ0n) is 9.61. The first-order valence-electron chi connectivity index (χ1n) is 5.54. The van der Waals surface area contributed by atoms with Crippen LogP contribution in [0.2, 0.25) is 0 Å². The number of anilines is 1. The van der Waals surface area contributed by atoms with E-state index in [2.05, 4.69) is 53.8 Å². The second-order valence-electron chi connectivity index (χ2n) is 4.44. The first-order chi connectivity index (χ1) is 7.16. The van der Waals surface area contributed by atoms with Crippen molar-refractivity contribution in [1.82, 2.24) is 4.90 Å². The minimum Gasteiger partial charge on any atom is -0.369 e. The number of benzene rings is 1. The molecule has 0 radical (unpaired) electrons. The molecule has 0 saturated carbocycles. The minimum absolute atomic E-state index is 0.637. The van der Waals surface area contributed by atoms with Crippen LogP contribution >= 0.6 is 0 Å². The van der Waals surface area contributed by atoms with Crippen molar-refractivity contribution in [3.05, 3.63) is 24.3 Å². The zero-order valence-corrected chi connectivity index (χ0v) is 9.61. The summed E-state index contributed by atoms with van der Waals surface area (Å²) in [5, 5.41) is 0. The molecule has 0 spiro atoms. The van der Waals surface area contributed by atoms with E-state index < -0.39 is 0 Å². The predicted octanol–water partition coefficient (Wildman–Crippen LogP) is 0.700. The average molecular weight is 206 g/mol. The van der Waals surface area contributed by atoms with Crippen LogP contribution in [0.1, 0.15) is 6.92 Å². The molecule has 3 heteroatoms. The molecule has 1 atom stereocenters. The van der Waals surface area contributed by atoms with Crippen molar-refractivity contribution in [3.8, 4) is 0 Å². The normalized spacial score (nSPS) is 23.1. The van der Waals surface area contributed by atoms with Crippen LogP contribution in [0.3, 0.4) is 0 Å². The molecule has 1 aliphatic rings. The molecule has 1 aromatic rings. The summed E-state index contributed by atoms with van der Waals surface area (Å²) in [6.45, 7) is 5.67. The maximum Gasteiger partial charge on any atom is 0.128 e. The van der Waals surface area contributed by atoms with Crippen LogP contribution in [0.25, 0.3) is 0 Å². The second kappa shape index (κ2) is 4.21. The van der Waals surface area contributed by atoms with E-state index in [1.807, 2.05) is 0 Å². The molecular weight excluding hydrogens is 186 g/mol. The van der Waals surface area contributed by atoms with Crippen LogP contribution < -0.4 is 10.6 Å². The lowest BCUT2D eigenvalue weighted by Gasteiger charge is -2.39. The summed E-state index contributed by atoms with van der Waals surface area (Å²) in [6, 6.07) is 9.13. The van der Waals surface area contributed by atoms with Gasteiger partial charge >= 0.3 is 0 Å². The highest BCUT2D eigenvalue weighted by atomic mass is 15.3. The molecule has 1 unspecified atom stereocenters. The predicted molar refractivity (Wildman–Crippen MR) is 63.3 cm³/mol. The van der Waals surface area contributed by atoms with Crippen LogP contribution in [0, 0.1) is 0 Å². The van der Waals surface area contributed by atoms with Crippen molar-refractivity contribution >= 4 is 11.4 Å². The van der Waals surface area contributed by atoms with Crippen molar-refractivity contribution in [3.63, 3.8) is 0 Å². The molecule has 0 bridgehead atoms. The molecular formula is C12H20N3+. The van der Waals surface area contributed by atoms with E-state index in [0.717, 1.165) is 25.3 Å². The largest absolute Gasteiger partial charge is 0.369 e. The van der Waals surface area contributed by atoms with Crippen LogP contribution in [-0.4, -0.2) is 37.6 Å². The number of hydrogen-bond donors (Lipinski definition) is 1. The van der Waals surface area contributed by atoms with Crippen molar-refractivity contribution in [2.24, 2.45) is 0 Å². The number of piperazine rings is 1. The number of quaternary nitrogens is 1. The Balaban J connectivity index is 2.08.